The minimum Gasteiger partial charge on any atom is -0.493 e. The second kappa shape index (κ2) is 11.9. The van der Waals surface area contributed by atoms with Gasteiger partial charge in [0, 0.05) is 0 Å². The average molecular weight is 569 g/mol. The van der Waals surface area contributed by atoms with Gasteiger partial charge in [-0.1, -0.05) is 42.5 Å². The molecule has 2 amide bonds. The molecule has 4 aromatic rings. The molecule has 1 aromatic heterocycles. The van der Waals surface area contributed by atoms with E-state index in [1.54, 1.807) is 72.8 Å². The van der Waals surface area contributed by atoms with Gasteiger partial charge in [-0.15, -0.1) is 0 Å². The topological polar surface area (TPSA) is 98.5 Å². The Labute approximate surface area is 241 Å². The fraction of sp³-hybridized carbons (Fsp3) is 0.0968. The van der Waals surface area contributed by atoms with E-state index < -0.39 is 17.8 Å². The SMILES string of the molecule is COC(=O)c1ccc(COc2ccc(C=C3C(=O)N(c4ccccc4)C(=S)N(c4ccccc4)C3=O)cc2OC)o1. The van der Waals surface area contributed by atoms with Gasteiger partial charge >= 0.3 is 5.97 Å². The van der Waals surface area contributed by atoms with Gasteiger partial charge in [0.2, 0.25) is 5.76 Å². The number of methoxy groups -OCH3 is 2. The van der Waals surface area contributed by atoms with Crippen LogP contribution in [0.3, 0.4) is 0 Å². The van der Waals surface area contributed by atoms with E-state index in [0.29, 0.717) is 34.2 Å². The smallest absolute Gasteiger partial charge is 0.373 e. The molecule has 1 fully saturated rings. The van der Waals surface area contributed by atoms with Crippen molar-refractivity contribution >= 4 is 52.6 Å². The first kappa shape index (κ1) is 27.4. The second-order valence-corrected chi connectivity index (χ2v) is 9.11. The number of carbonyl (C=O) groups excluding carboxylic acids is 3. The largest absolute Gasteiger partial charge is 0.493 e. The maximum Gasteiger partial charge on any atom is 0.373 e. The number of para-hydroxylation sites is 2. The quantitative estimate of drug-likeness (QED) is 0.121. The molecule has 3 aromatic carbocycles. The molecule has 0 bridgehead atoms. The highest BCUT2D eigenvalue weighted by atomic mass is 32.1. The van der Waals surface area contributed by atoms with Crippen LogP contribution in [0.1, 0.15) is 21.9 Å². The molecule has 1 aliphatic rings. The predicted octanol–water partition coefficient (Wildman–Crippen LogP) is 5.40. The first-order valence-corrected chi connectivity index (χ1v) is 12.8. The van der Waals surface area contributed by atoms with Crippen molar-refractivity contribution in [3.8, 4) is 11.5 Å². The summed E-state index contributed by atoms with van der Waals surface area (Å²) in [5.41, 5.74) is 1.53. The highest BCUT2D eigenvalue weighted by Gasteiger charge is 2.41. The number of furan rings is 1. The Morgan fingerprint density at radius 1 is 0.829 bits per heavy atom. The van der Waals surface area contributed by atoms with E-state index in [2.05, 4.69) is 4.74 Å². The number of esters is 1. The van der Waals surface area contributed by atoms with Crippen molar-refractivity contribution in [1.29, 1.82) is 0 Å². The molecule has 5 rings (SSSR count). The fourth-order valence-electron chi connectivity index (χ4n) is 4.21. The molecule has 206 valence electrons. The molecule has 9 nitrogen and oxygen atoms in total. The molecule has 41 heavy (non-hydrogen) atoms. The maximum atomic E-state index is 13.7. The van der Waals surface area contributed by atoms with Gasteiger partial charge in [0.15, 0.2) is 16.6 Å². The number of thiocarbonyl (C=S) groups is 1. The number of amides is 2. The third-order valence-electron chi connectivity index (χ3n) is 6.20. The Morgan fingerprint density at radius 3 is 2.00 bits per heavy atom. The fourth-order valence-corrected chi connectivity index (χ4v) is 4.59. The summed E-state index contributed by atoms with van der Waals surface area (Å²) in [4.78, 5) is 41.7. The van der Waals surface area contributed by atoms with Crippen molar-refractivity contribution in [3.63, 3.8) is 0 Å². The van der Waals surface area contributed by atoms with Crippen LogP contribution in [-0.2, 0) is 20.9 Å². The molecule has 0 aliphatic carbocycles. The molecular formula is C31H24N2O7S. The van der Waals surface area contributed by atoms with E-state index in [-0.39, 0.29) is 23.1 Å². The van der Waals surface area contributed by atoms with Crippen LogP contribution in [0.2, 0.25) is 0 Å². The Balaban J connectivity index is 1.46. The number of rotatable bonds is 8. The van der Waals surface area contributed by atoms with Crippen molar-refractivity contribution in [2.75, 3.05) is 24.0 Å². The number of ether oxygens (including phenoxy) is 3. The van der Waals surface area contributed by atoms with Crippen LogP contribution in [0.15, 0.2) is 101 Å². The third-order valence-corrected chi connectivity index (χ3v) is 6.56. The van der Waals surface area contributed by atoms with Crippen molar-refractivity contribution < 1.29 is 33.0 Å². The molecular weight excluding hydrogens is 544 g/mol. The molecule has 0 spiro atoms. The van der Waals surface area contributed by atoms with E-state index in [0.717, 1.165) is 0 Å². The first-order valence-electron chi connectivity index (χ1n) is 12.4. The molecule has 1 saturated heterocycles. The van der Waals surface area contributed by atoms with Crippen molar-refractivity contribution in [2.24, 2.45) is 0 Å². The second-order valence-electron chi connectivity index (χ2n) is 8.75. The van der Waals surface area contributed by atoms with Gasteiger partial charge < -0.3 is 18.6 Å². The highest BCUT2D eigenvalue weighted by Crippen LogP contribution is 2.33. The van der Waals surface area contributed by atoms with Crippen LogP contribution in [0.5, 0.6) is 11.5 Å². The Morgan fingerprint density at radius 2 is 1.44 bits per heavy atom. The van der Waals surface area contributed by atoms with Crippen LogP contribution < -0.4 is 19.3 Å². The van der Waals surface area contributed by atoms with E-state index in [1.165, 1.54) is 36.2 Å². The predicted molar refractivity (Wildman–Crippen MR) is 156 cm³/mol. The number of hydrogen-bond acceptors (Lipinski definition) is 8. The van der Waals surface area contributed by atoms with Gasteiger partial charge in [0.1, 0.15) is 17.9 Å². The van der Waals surface area contributed by atoms with Gasteiger partial charge in [-0.2, -0.15) is 0 Å². The average Bonchev–Trinajstić information content (AvgIpc) is 3.48. The van der Waals surface area contributed by atoms with Gasteiger partial charge in [-0.3, -0.25) is 19.4 Å². The van der Waals surface area contributed by atoms with E-state index in [1.807, 2.05) is 12.1 Å². The summed E-state index contributed by atoms with van der Waals surface area (Å²) < 4.78 is 21.4. The van der Waals surface area contributed by atoms with Gasteiger partial charge in [0.05, 0.1) is 25.6 Å². The lowest BCUT2D eigenvalue weighted by atomic mass is 10.0. The number of anilines is 2. The molecule has 0 radical (unpaired) electrons. The van der Waals surface area contributed by atoms with Crippen molar-refractivity contribution in [3.05, 3.63) is 114 Å². The zero-order chi connectivity index (χ0) is 28.9. The van der Waals surface area contributed by atoms with Gasteiger partial charge in [0.25, 0.3) is 11.8 Å². The lowest BCUT2D eigenvalue weighted by Gasteiger charge is -2.36. The van der Waals surface area contributed by atoms with Crippen molar-refractivity contribution in [1.82, 2.24) is 0 Å². The van der Waals surface area contributed by atoms with E-state index in [4.69, 9.17) is 26.1 Å². The molecule has 0 N–H and O–H groups in total. The normalized spacial score (nSPS) is 13.3. The monoisotopic (exact) mass is 568 g/mol. The number of hydrogen-bond donors (Lipinski definition) is 0. The maximum absolute atomic E-state index is 13.7. The van der Waals surface area contributed by atoms with Crippen molar-refractivity contribution in [2.45, 2.75) is 6.61 Å². The summed E-state index contributed by atoms with van der Waals surface area (Å²) in [5, 5.41) is 0.0594. The Bertz CT molecular complexity index is 1580. The summed E-state index contributed by atoms with van der Waals surface area (Å²) in [6.07, 6.45) is 1.50. The summed E-state index contributed by atoms with van der Waals surface area (Å²) in [5.74, 6) is -0.440. The van der Waals surface area contributed by atoms with E-state index >= 15 is 0 Å². The number of carbonyl (C=O) groups is 3. The lowest BCUT2D eigenvalue weighted by molar-refractivity contribution is -0.120. The molecule has 1 aliphatic heterocycles. The minimum atomic E-state index is -0.588. The number of nitrogens with zero attached hydrogens (tertiary/aromatic N) is 2. The zero-order valence-electron chi connectivity index (χ0n) is 22.1. The molecule has 0 unspecified atom stereocenters. The van der Waals surface area contributed by atoms with Crippen LogP contribution in [0.25, 0.3) is 6.08 Å². The van der Waals surface area contributed by atoms with Crippen LogP contribution in [-0.4, -0.2) is 37.1 Å². The van der Waals surface area contributed by atoms with Crippen LogP contribution in [0.4, 0.5) is 11.4 Å². The van der Waals surface area contributed by atoms with Gasteiger partial charge in [-0.25, -0.2) is 4.79 Å². The number of benzene rings is 3. The molecule has 10 heteroatoms. The third kappa shape index (κ3) is 5.59. The highest BCUT2D eigenvalue weighted by molar-refractivity contribution is 7.81. The Hall–Kier alpha value is -5.22. The standard InChI is InChI=1S/C31H24N2O7S/c1-37-27-18-20(13-15-25(27)39-19-23-14-16-26(40-23)30(36)38-2)17-24-28(34)32(21-9-5-3-6-10-21)31(41)33(29(24)35)22-11-7-4-8-12-22/h3-18H,19H2,1-2H3. The summed E-state index contributed by atoms with van der Waals surface area (Å²) >= 11 is 5.65. The van der Waals surface area contributed by atoms with Crippen LogP contribution >= 0.6 is 12.2 Å². The molecule has 0 saturated carbocycles. The summed E-state index contributed by atoms with van der Waals surface area (Å²) in [7, 11) is 2.74. The summed E-state index contributed by atoms with van der Waals surface area (Å²) in [6, 6.07) is 26.0. The van der Waals surface area contributed by atoms with Crippen LogP contribution in [0, 0.1) is 0 Å². The molecule has 2 heterocycles. The first-order chi connectivity index (χ1) is 19.9. The zero-order valence-corrected chi connectivity index (χ0v) is 22.9. The lowest BCUT2D eigenvalue weighted by Crippen LogP contribution is -2.56. The molecule has 0 atom stereocenters. The Kier molecular flexibility index (Phi) is 7.93. The summed E-state index contributed by atoms with van der Waals surface area (Å²) in [6.45, 7) is 0.0281. The van der Waals surface area contributed by atoms with E-state index in [9.17, 15) is 14.4 Å². The minimum absolute atomic E-state index is 0.0281. The van der Waals surface area contributed by atoms with Gasteiger partial charge in [-0.05, 0) is 72.4 Å².